The fourth-order valence-corrected chi connectivity index (χ4v) is 4.77. The number of hydrogen-bond acceptors (Lipinski definition) is 4. The van der Waals surface area contributed by atoms with Gasteiger partial charge in [0, 0.05) is 5.41 Å². The summed E-state index contributed by atoms with van der Waals surface area (Å²) < 4.78 is 10.8. The SMILES string of the molecule is CCCCOC(=O)OCC1(CC(C)C)C(CCCC(C)C)=C(CCCC)C=CC1C(=O)O. The second kappa shape index (κ2) is 14.4. The van der Waals surface area contributed by atoms with Crippen molar-refractivity contribution in [2.45, 2.75) is 99.3 Å². The summed E-state index contributed by atoms with van der Waals surface area (Å²) in [7, 11) is 0. The van der Waals surface area contributed by atoms with Crippen LogP contribution in [0.15, 0.2) is 23.3 Å². The van der Waals surface area contributed by atoms with Crippen LogP contribution in [-0.4, -0.2) is 30.4 Å². The first-order valence-electron chi connectivity index (χ1n) is 12.6. The van der Waals surface area contributed by atoms with Gasteiger partial charge in [0.25, 0.3) is 0 Å². The van der Waals surface area contributed by atoms with Crippen molar-refractivity contribution in [2.75, 3.05) is 13.2 Å². The molecule has 2 unspecified atom stereocenters. The van der Waals surface area contributed by atoms with Crippen LogP contribution in [0.2, 0.25) is 0 Å². The van der Waals surface area contributed by atoms with Crippen LogP contribution in [-0.2, 0) is 14.3 Å². The van der Waals surface area contributed by atoms with Crippen molar-refractivity contribution in [3.05, 3.63) is 23.3 Å². The Morgan fingerprint density at radius 3 is 2.25 bits per heavy atom. The van der Waals surface area contributed by atoms with Crippen molar-refractivity contribution in [3.8, 4) is 0 Å². The molecule has 184 valence electrons. The fourth-order valence-electron chi connectivity index (χ4n) is 4.77. The highest BCUT2D eigenvalue weighted by Gasteiger charge is 2.48. The van der Waals surface area contributed by atoms with Crippen LogP contribution < -0.4 is 0 Å². The monoisotopic (exact) mass is 450 g/mol. The predicted octanol–water partition coefficient (Wildman–Crippen LogP) is 7.56. The van der Waals surface area contributed by atoms with Gasteiger partial charge in [0.05, 0.1) is 12.5 Å². The Hall–Kier alpha value is -1.78. The van der Waals surface area contributed by atoms with Crippen molar-refractivity contribution >= 4 is 12.1 Å². The Bertz CT molecular complexity index is 646. The van der Waals surface area contributed by atoms with E-state index in [1.165, 1.54) is 11.1 Å². The zero-order valence-corrected chi connectivity index (χ0v) is 21.2. The molecule has 1 aliphatic carbocycles. The van der Waals surface area contributed by atoms with Gasteiger partial charge in [-0.15, -0.1) is 0 Å². The molecule has 0 aromatic rings. The maximum Gasteiger partial charge on any atom is 0.508 e. The Labute approximate surface area is 195 Å². The third-order valence-electron chi connectivity index (χ3n) is 6.29. The molecule has 2 atom stereocenters. The first-order chi connectivity index (χ1) is 15.2. The highest BCUT2D eigenvalue weighted by molar-refractivity contribution is 5.75. The lowest BCUT2D eigenvalue weighted by Crippen LogP contribution is -2.44. The van der Waals surface area contributed by atoms with E-state index in [0.717, 1.165) is 51.4 Å². The molecular formula is C27H46O5. The van der Waals surface area contributed by atoms with E-state index < -0.39 is 23.5 Å². The third-order valence-corrected chi connectivity index (χ3v) is 6.29. The summed E-state index contributed by atoms with van der Waals surface area (Å²) in [6.07, 6.45) is 11.5. The van der Waals surface area contributed by atoms with Crippen molar-refractivity contribution in [3.63, 3.8) is 0 Å². The largest absolute Gasteiger partial charge is 0.508 e. The molecule has 0 radical (unpaired) electrons. The van der Waals surface area contributed by atoms with Gasteiger partial charge >= 0.3 is 12.1 Å². The highest BCUT2D eigenvalue weighted by Crippen LogP contribution is 2.50. The lowest BCUT2D eigenvalue weighted by molar-refractivity contribution is -0.145. The molecule has 0 aromatic heterocycles. The highest BCUT2D eigenvalue weighted by atomic mass is 16.7. The molecule has 0 fully saturated rings. The normalized spacial score (nSPS) is 20.8. The van der Waals surface area contributed by atoms with Crippen LogP contribution in [0.3, 0.4) is 0 Å². The van der Waals surface area contributed by atoms with Crippen LogP contribution in [0.1, 0.15) is 99.3 Å². The molecule has 0 heterocycles. The molecule has 0 aromatic carbocycles. The van der Waals surface area contributed by atoms with Gasteiger partial charge in [-0.05, 0) is 55.9 Å². The number of carbonyl (C=O) groups excluding carboxylic acids is 1. The van der Waals surface area contributed by atoms with Crippen LogP contribution in [0.25, 0.3) is 0 Å². The molecule has 1 aliphatic rings. The van der Waals surface area contributed by atoms with E-state index in [4.69, 9.17) is 9.47 Å². The van der Waals surface area contributed by atoms with Crippen LogP contribution in [0.4, 0.5) is 4.79 Å². The van der Waals surface area contributed by atoms with Crippen LogP contribution in [0.5, 0.6) is 0 Å². The van der Waals surface area contributed by atoms with Crippen molar-refractivity contribution < 1.29 is 24.2 Å². The number of ether oxygens (including phenoxy) is 2. The average Bonchev–Trinajstić information content (AvgIpc) is 2.71. The molecular weight excluding hydrogens is 404 g/mol. The minimum Gasteiger partial charge on any atom is -0.481 e. The van der Waals surface area contributed by atoms with E-state index in [9.17, 15) is 14.7 Å². The first-order valence-corrected chi connectivity index (χ1v) is 12.6. The summed E-state index contributed by atoms with van der Waals surface area (Å²) >= 11 is 0. The summed E-state index contributed by atoms with van der Waals surface area (Å²) in [5, 5.41) is 10.2. The Morgan fingerprint density at radius 2 is 1.69 bits per heavy atom. The van der Waals surface area contributed by atoms with Crippen molar-refractivity contribution in [1.29, 1.82) is 0 Å². The number of allylic oxidation sites excluding steroid dienone is 2. The van der Waals surface area contributed by atoms with Gasteiger partial charge in [-0.2, -0.15) is 0 Å². The lowest BCUT2D eigenvalue weighted by atomic mass is 9.61. The zero-order valence-electron chi connectivity index (χ0n) is 21.2. The number of hydrogen-bond donors (Lipinski definition) is 1. The molecule has 0 aliphatic heterocycles. The number of carbonyl (C=O) groups is 2. The maximum absolute atomic E-state index is 12.4. The van der Waals surface area contributed by atoms with E-state index in [1.54, 1.807) is 0 Å². The molecule has 1 rings (SSSR count). The molecule has 0 bridgehead atoms. The first kappa shape index (κ1) is 28.3. The summed E-state index contributed by atoms with van der Waals surface area (Å²) in [5.74, 6) is -0.725. The van der Waals surface area contributed by atoms with Gasteiger partial charge in [-0.1, -0.05) is 78.5 Å². The molecule has 32 heavy (non-hydrogen) atoms. The summed E-state index contributed by atoms with van der Waals surface area (Å²) in [5.41, 5.74) is 1.67. The Balaban J connectivity index is 3.36. The Kier molecular flexibility index (Phi) is 12.7. The van der Waals surface area contributed by atoms with Gasteiger partial charge in [0.1, 0.15) is 6.61 Å². The quantitative estimate of drug-likeness (QED) is 0.206. The zero-order chi connectivity index (χ0) is 24.1. The average molecular weight is 451 g/mol. The third kappa shape index (κ3) is 8.63. The van der Waals surface area contributed by atoms with Gasteiger partial charge in [-0.3, -0.25) is 4.79 Å². The van der Waals surface area contributed by atoms with Crippen LogP contribution in [0, 0.1) is 23.2 Å². The van der Waals surface area contributed by atoms with Crippen LogP contribution >= 0.6 is 0 Å². The smallest absolute Gasteiger partial charge is 0.481 e. The standard InChI is InChI=1S/C27H46O5/c1-7-9-13-22-15-16-24(25(28)29)27(18-21(5)6,23(22)14-11-12-20(3)4)19-32-26(30)31-17-10-8-2/h15-16,20-21,24H,7-14,17-19H2,1-6H3,(H,28,29). The number of unbranched alkanes of at least 4 members (excludes halogenated alkanes) is 2. The molecule has 0 saturated carbocycles. The maximum atomic E-state index is 12.4. The summed E-state index contributed by atoms with van der Waals surface area (Å²) in [6, 6.07) is 0. The minimum atomic E-state index is -0.860. The van der Waals surface area contributed by atoms with Crippen molar-refractivity contribution in [2.24, 2.45) is 23.2 Å². The second-order valence-electron chi connectivity index (χ2n) is 10.1. The number of carboxylic acids is 1. The lowest BCUT2D eigenvalue weighted by Gasteiger charge is -2.44. The van der Waals surface area contributed by atoms with E-state index in [0.29, 0.717) is 18.9 Å². The predicted molar refractivity (Wildman–Crippen MR) is 130 cm³/mol. The van der Waals surface area contributed by atoms with Gasteiger partial charge < -0.3 is 14.6 Å². The molecule has 0 amide bonds. The van der Waals surface area contributed by atoms with Gasteiger partial charge in [-0.25, -0.2) is 4.79 Å². The number of rotatable bonds is 15. The number of aliphatic carboxylic acids is 1. The van der Waals surface area contributed by atoms with E-state index in [-0.39, 0.29) is 12.5 Å². The summed E-state index contributed by atoms with van der Waals surface area (Å²) in [6.45, 7) is 13.2. The summed E-state index contributed by atoms with van der Waals surface area (Å²) in [4.78, 5) is 24.7. The number of carboxylic acid groups (broad SMARTS) is 1. The van der Waals surface area contributed by atoms with E-state index in [1.807, 2.05) is 19.1 Å². The molecule has 1 N–H and O–H groups in total. The second-order valence-corrected chi connectivity index (χ2v) is 10.1. The molecule has 0 spiro atoms. The van der Waals surface area contributed by atoms with E-state index >= 15 is 0 Å². The van der Waals surface area contributed by atoms with Crippen molar-refractivity contribution in [1.82, 2.24) is 0 Å². The van der Waals surface area contributed by atoms with E-state index in [2.05, 4.69) is 34.6 Å². The molecule has 0 saturated heterocycles. The fraction of sp³-hybridized carbons (Fsp3) is 0.778. The minimum absolute atomic E-state index is 0.0457. The molecule has 5 nitrogen and oxygen atoms in total. The Morgan fingerprint density at radius 1 is 1.00 bits per heavy atom. The molecule has 5 heteroatoms. The topological polar surface area (TPSA) is 72.8 Å². The van der Waals surface area contributed by atoms with Gasteiger partial charge in [0.2, 0.25) is 0 Å². The van der Waals surface area contributed by atoms with Gasteiger partial charge in [0.15, 0.2) is 0 Å².